The molecule has 3 fully saturated rings. The minimum Gasteiger partial charge on any atom is -0.496 e. The average molecular weight is 426 g/mol. The number of ether oxygens (including phenoxy) is 1. The van der Waals surface area contributed by atoms with Gasteiger partial charge in [-0.2, -0.15) is 0 Å². The number of hydrogen-bond donors (Lipinski definition) is 2. The fourth-order valence-corrected chi connectivity index (χ4v) is 5.54. The molecule has 30 heavy (non-hydrogen) atoms. The third-order valence-electron chi connectivity index (χ3n) is 6.73. The van der Waals surface area contributed by atoms with Crippen LogP contribution in [0.25, 0.3) is 0 Å². The van der Waals surface area contributed by atoms with Crippen molar-refractivity contribution in [3.8, 4) is 5.75 Å². The lowest BCUT2D eigenvalue weighted by Gasteiger charge is -2.43. The van der Waals surface area contributed by atoms with Crippen LogP contribution >= 0.6 is 11.6 Å². The average Bonchev–Trinajstić information content (AvgIpc) is 3.10. The zero-order valence-electron chi connectivity index (χ0n) is 16.7. The molecule has 0 bridgehead atoms. The van der Waals surface area contributed by atoms with E-state index in [-0.39, 0.29) is 41.5 Å². The zero-order valence-corrected chi connectivity index (χ0v) is 17.4. The molecular formula is C23H24ClN3O3. The second-order valence-corrected chi connectivity index (χ2v) is 8.75. The van der Waals surface area contributed by atoms with E-state index in [1.165, 1.54) is 0 Å². The van der Waals surface area contributed by atoms with Crippen LogP contribution in [-0.4, -0.2) is 31.5 Å². The minimum atomic E-state index is -0.302. The summed E-state index contributed by atoms with van der Waals surface area (Å²) in [6.45, 7) is 0.590. The number of nitrogens with one attached hydrogen (secondary N) is 2. The Bertz CT molecular complexity index is 997. The van der Waals surface area contributed by atoms with Crippen LogP contribution in [0, 0.1) is 17.8 Å². The Morgan fingerprint density at radius 1 is 1.13 bits per heavy atom. The Morgan fingerprint density at radius 3 is 2.77 bits per heavy atom. The number of anilines is 1. The number of benzene rings is 2. The lowest BCUT2D eigenvalue weighted by atomic mass is 9.64. The highest BCUT2D eigenvalue weighted by molar-refractivity contribution is 6.30. The molecule has 1 amide bonds. The third-order valence-corrected chi connectivity index (χ3v) is 6.97. The Kier molecular flexibility index (Phi) is 5.01. The van der Waals surface area contributed by atoms with Gasteiger partial charge in [-0.25, -0.2) is 10.4 Å². The maximum Gasteiger partial charge on any atom is 0.247 e. The minimum absolute atomic E-state index is 0.0158. The van der Waals surface area contributed by atoms with Gasteiger partial charge in [0.15, 0.2) is 0 Å². The summed E-state index contributed by atoms with van der Waals surface area (Å²) in [5.41, 5.74) is 5.05. The van der Waals surface area contributed by atoms with Gasteiger partial charge in [0.05, 0.1) is 24.9 Å². The van der Waals surface area contributed by atoms with E-state index in [4.69, 9.17) is 16.3 Å². The Balaban J connectivity index is 1.45. The first-order chi connectivity index (χ1) is 14.6. The van der Waals surface area contributed by atoms with E-state index >= 15 is 0 Å². The lowest BCUT2D eigenvalue weighted by Crippen LogP contribution is -2.57. The van der Waals surface area contributed by atoms with Gasteiger partial charge in [0.1, 0.15) is 11.5 Å². The number of carbonyl (C=O) groups is 2. The number of amides is 1. The largest absolute Gasteiger partial charge is 0.496 e. The molecule has 5 atom stereocenters. The molecule has 0 aromatic heterocycles. The maximum atomic E-state index is 13.4. The van der Waals surface area contributed by atoms with Crippen LogP contribution in [0.15, 0.2) is 48.5 Å². The maximum absolute atomic E-state index is 13.4. The van der Waals surface area contributed by atoms with E-state index in [0.29, 0.717) is 23.7 Å². The second kappa shape index (κ2) is 7.69. The number of methoxy groups -OCH3 is 1. The predicted molar refractivity (Wildman–Crippen MR) is 114 cm³/mol. The standard InChI is InChI=1S/C23H24ClN3O3/c1-30-20-8-3-2-7-16(20)13-9-17-18(19(28)10-13)12-25-22-21(17)23(29)27(26-22)15-6-4-5-14(24)11-15/h2-8,11,13,17-18,21-22,25-26H,9-10,12H2,1H3. The summed E-state index contributed by atoms with van der Waals surface area (Å²) in [6, 6.07) is 15.1. The van der Waals surface area contributed by atoms with Crippen LogP contribution < -0.4 is 20.5 Å². The van der Waals surface area contributed by atoms with Crippen LogP contribution in [0.4, 0.5) is 5.69 Å². The third kappa shape index (κ3) is 3.20. The van der Waals surface area contributed by atoms with E-state index in [1.807, 2.05) is 36.4 Å². The van der Waals surface area contributed by atoms with E-state index < -0.39 is 0 Å². The first kappa shape index (κ1) is 19.5. The van der Waals surface area contributed by atoms with Crippen LogP contribution in [0.2, 0.25) is 5.02 Å². The van der Waals surface area contributed by atoms with Crippen molar-refractivity contribution in [2.24, 2.45) is 17.8 Å². The fourth-order valence-electron chi connectivity index (χ4n) is 5.36. The Labute approximate surface area is 180 Å². The number of Topliss-reactive ketones (excluding diaryl/α,β-unsaturated/α-hetero) is 1. The normalized spacial score (nSPS) is 30.7. The first-order valence-corrected chi connectivity index (χ1v) is 10.7. The molecule has 3 aliphatic rings. The molecule has 156 valence electrons. The highest BCUT2D eigenvalue weighted by atomic mass is 35.5. The molecule has 5 unspecified atom stereocenters. The molecule has 6 nitrogen and oxygen atoms in total. The number of rotatable bonds is 3. The van der Waals surface area contributed by atoms with Gasteiger partial charge in [0.25, 0.3) is 0 Å². The molecule has 0 radical (unpaired) electrons. The molecule has 2 heterocycles. The van der Waals surface area contributed by atoms with Crippen LogP contribution in [-0.2, 0) is 9.59 Å². The molecule has 5 rings (SSSR count). The molecular weight excluding hydrogens is 402 g/mol. The van der Waals surface area contributed by atoms with Gasteiger partial charge in [-0.05, 0) is 48.1 Å². The van der Waals surface area contributed by atoms with Gasteiger partial charge >= 0.3 is 0 Å². The van der Waals surface area contributed by atoms with Gasteiger partial charge in [0, 0.05) is 23.9 Å². The van der Waals surface area contributed by atoms with Gasteiger partial charge in [-0.15, -0.1) is 0 Å². The number of halogens is 1. The summed E-state index contributed by atoms with van der Waals surface area (Å²) >= 11 is 6.13. The molecule has 7 heteroatoms. The van der Waals surface area contributed by atoms with Crippen molar-refractivity contribution in [2.75, 3.05) is 18.7 Å². The van der Waals surface area contributed by atoms with Gasteiger partial charge in [-0.1, -0.05) is 35.9 Å². The topological polar surface area (TPSA) is 70.7 Å². The second-order valence-electron chi connectivity index (χ2n) is 8.31. The number of hydrazine groups is 1. The van der Waals surface area contributed by atoms with Crippen molar-refractivity contribution < 1.29 is 14.3 Å². The first-order valence-electron chi connectivity index (χ1n) is 10.3. The molecule has 2 N–H and O–H groups in total. The summed E-state index contributed by atoms with van der Waals surface area (Å²) in [7, 11) is 1.65. The van der Waals surface area contributed by atoms with E-state index in [0.717, 1.165) is 17.7 Å². The van der Waals surface area contributed by atoms with Gasteiger partial charge in [-0.3, -0.25) is 14.9 Å². The number of carbonyl (C=O) groups excluding carboxylic acids is 2. The molecule has 2 aromatic carbocycles. The smallest absolute Gasteiger partial charge is 0.247 e. The number of ketones is 1. The highest BCUT2D eigenvalue weighted by Gasteiger charge is 2.54. The van der Waals surface area contributed by atoms with E-state index in [9.17, 15) is 9.59 Å². The Hall–Kier alpha value is -2.41. The van der Waals surface area contributed by atoms with Crippen molar-refractivity contribution in [2.45, 2.75) is 24.9 Å². The molecule has 2 aromatic rings. The van der Waals surface area contributed by atoms with Crippen molar-refractivity contribution in [3.05, 3.63) is 59.1 Å². The lowest BCUT2D eigenvalue weighted by molar-refractivity contribution is -0.133. The van der Waals surface area contributed by atoms with Gasteiger partial charge in [0.2, 0.25) is 5.91 Å². The molecule has 2 aliphatic heterocycles. The summed E-state index contributed by atoms with van der Waals surface area (Å²) in [5.74, 6) is 0.612. The van der Waals surface area contributed by atoms with Crippen molar-refractivity contribution >= 4 is 29.0 Å². The van der Waals surface area contributed by atoms with Crippen molar-refractivity contribution in [3.63, 3.8) is 0 Å². The highest BCUT2D eigenvalue weighted by Crippen LogP contribution is 2.47. The molecule has 2 saturated heterocycles. The van der Waals surface area contributed by atoms with Crippen LogP contribution in [0.1, 0.15) is 24.3 Å². The molecule has 1 aliphatic carbocycles. The molecule has 1 saturated carbocycles. The van der Waals surface area contributed by atoms with E-state index in [1.54, 1.807) is 24.3 Å². The monoisotopic (exact) mass is 425 g/mol. The van der Waals surface area contributed by atoms with Gasteiger partial charge < -0.3 is 4.74 Å². The zero-order chi connectivity index (χ0) is 20.8. The summed E-state index contributed by atoms with van der Waals surface area (Å²) in [4.78, 5) is 26.5. The van der Waals surface area contributed by atoms with E-state index in [2.05, 4.69) is 10.7 Å². The SMILES string of the molecule is COc1ccccc1C1CC(=O)C2CNC3NN(c4cccc(Cl)c4)C(=O)C3C2C1. The number of piperidine rings is 1. The fraction of sp³-hybridized carbons (Fsp3) is 0.391. The Morgan fingerprint density at radius 2 is 1.97 bits per heavy atom. The quantitative estimate of drug-likeness (QED) is 0.790. The summed E-state index contributed by atoms with van der Waals surface area (Å²) in [6.07, 6.45) is 1.08. The number of nitrogens with zero attached hydrogens (tertiary/aromatic N) is 1. The van der Waals surface area contributed by atoms with Crippen molar-refractivity contribution in [1.29, 1.82) is 0 Å². The summed E-state index contributed by atoms with van der Waals surface area (Å²) in [5, 5.41) is 5.53. The van der Waals surface area contributed by atoms with Crippen LogP contribution in [0.3, 0.4) is 0 Å². The number of fused-ring (bicyclic) bond motifs is 3. The molecule has 0 spiro atoms. The summed E-state index contributed by atoms with van der Waals surface area (Å²) < 4.78 is 5.54. The predicted octanol–water partition coefficient (Wildman–Crippen LogP) is 3.12. The number of para-hydroxylation sites is 1. The number of hydrogen-bond acceptors (Lipinski definition) is 5. The van der Waals surface area contributed by atoms with Crippen molar-refractivity contribution in [1.82, 2.24) is 10.7 Å². The van der Waals surface area contributed by atoms with Crippen LogP contribution in [0.5, 0.6) is 5.75 Å².